The van der Waals surface area contributed by atoms with E-state index in [-0.39, 0.29) is 11.3 Å². The minimum atomic E-state index is -0.519. The minimum Gasteiger partial charge on any atom is -0.360 e. The Kier molecular flexibility index (Phi) is 4.73. The zero-order valence-electron chi connectivity index (χ0n) is 13.9. The zero-order chi connectivity index (χ0) is 18.8. The summed E-state index contributed by atoms with van der Waals surface area (Å²) in [5.41, 5.74) is 2.02. The second-order valence-electron chi connectivity index (χ2n) is 5.65. The summed E-state index contributed by atoms with van der Waals surface area (Å²) in [6, 6.07) is 11.2. The molecule has 0 aliphatic rings. The Bertz CT molecular complexity index is 1010. The number of halogens is 1. The van der Waals surface area contributed by atoms with Gasteiger partial charge in [0, 0.05) is 17.7 Å². The first-order chi connectivity index (χ1) is 12.4. The Hall–Kier alpha value is -3.19. The van der Waals surface area contributed by atoms with Gasteiger partial charge in [0.25, 0.3) is 11.6 Å². The van der Waals surface area contributed by atoms with Crippen LogP contribution in [0.5, 0.6) is 0 Å². The molecule has 7 nitrogen and oxygen atoms in total. The van der Waals surface area contributed by atoms with Gasteiger partial charge in [-0.2, -0.15) is 0 Å². The molecule has 1 aromatic heterocycles. The van der Waals surface area contributed by atoms with Gasteiger partial charge in [-0.25, -0.2) is 0 Å². The molecule has 0 atom stereocenters. The number of nitro groups is 1. The van der Waals surface area contributed by atoms with E-state index in [9.17, 15) is 14.9 Å². The predicted octanol–water partition coefficient (Wildman–Crippen LogP) is 4.77. The number of carbonyl (C=O) groups is 1. The SMILES string of the molecule is Cc1ccc([N+](=O)[O-])cc1NC(=O)c1c(-c2ccccc2Cl)noc1C. The van der Waals surface area contributed by atoms with Gasteiger partial charge in [0.05, 0.1) is 15.6 Å². The summed E-state index contributed by atoms with van der Waals surface area (Å²) in [5, 5.41) is 18.0. The van der Waals surface area contributed by atoms with E-state index in [0.29, 0.717) is 33.3 Å². The fraction of sp³-hybridized carbons (Fsp3) is 0.111. The number of amides is 1. The second kappa shape index (κ2) is 6.97. The lowest BCUT2D eigenvalue weighted by Crippen LogP contribution is -2.14. The number of aromatic nitrogens is 1. The highest BCUT2D eigenvalue weighted by atomic mass is 35.5. The van der Waals surface area contributed by atoms with E-state index >= 15 is 0 Å². The third kappa shape index (κ3) is 3.29. The van der Waals surface area contributed by atoms with Crippen LogP contribution in [-0.4, -0.2) is 16.0 Å². The number of benzene rings is 2. The maximum absolute atomic E-state index is 12.8. The van der Waals surface area contributed by atoms with E-state index in [0.717, 1.165) is 0 Å². The highest BCUT2D eigenvalue weighted by molar-refractivity contribution is 6.33. The number of hydrogen-bond donors (Lipinski definition) is 1. The highest BCUT2D eigenvalue weighted by Crippen LogP contribution is 2.32. The molecule has 0 aliphatic heterocycles. The Morgan fingerprint density at radius 2 is 1.96 bits per heavy atom. The van der Waals surface area contributed by atoms with Crippen molar-refractivity contribution in [3.63, 3.8) is 0 Å². The van der Waals surface area contributed by atoms with Crippen molar-refractivity contribution in [3.8, 4) is 11.3 Å². The first-order valence-electron chi connectivity index (χ1n) is 7.66. The number of nitrogens with zero attached hydrogens (tertiary/aromatic N) is 2. The van der Waals surface area contributed by atoms with E-state index in [1.807, 2.05) is 0 Å². The standard InChI is InChI=1S/C18H14ClN3O4/c1-10-7-8-12(22(24)25)9-15(10)20-18(23)16-11(2)26-21-17(16)13-5-3-4-6-14(13)19/h3-9H,1-2H3,(H,20,23). The van der Waals surface area contributed by atoms with E-state index in [1.54, 1.807) is 44.2 Å². The van der Waals surface area contributed by atoms with Gasteiger partial charge in [-0.05, 0) is 25.5 Å². The van der Waals surface area contributed by atoms with Crippen LogP contribution in [0.15, 0.2) is 47.0 Å². The van der Waals surface area contributed by atoms with Crippen molar-refractivity contribution in [1.82, 2.24) is 5.16 Å². The smallest absolute Gasteiger partial charge is 0.271 e. The number of rotatable bonds is 4. The summed E-state index contributed by atoms with van der Waals surface area (Å²) in [7, 11) is 0. The van der Waals surface area contributed by atoms with Crippen LogP contribution in [0.4, 0.5) is 11.4 Å². The van der Waals surface area contributed by atoms with Crippen molar-refractivity contribution < 1.29 is 14.2 Å². The summed E-state index contributed by atoms with van der Waals surface area (Å²) in [5.74, 6) is -0.164. The van der Waals surface area contributed by atoms with Gasteiger partial charge >= 0.3 is 0 Å². The molecule has 0 saturated heterocycles. The normalized spacial score (nSPS) is 10.6. The van der Waals surface area contributed by atoms with E-state index < -0.39 is 10.8 Å². The van der Waals surface area contributed by atoms with Crippen LogP contribution in [0.3, 0.4) is 0 Å². The first kappa shape index (κ1) is 17.6. The third-order valence-corrected chi connectivity index (χ3v) is 4.23. The van der Waals surface area contributed by atoms with E-state index in [1.165, 1.54) is 12.1 Å². The molecule has 26 heavy (non-hydrogen) atoms. The second-order valence-corrected chi connectivity index (χ2v) is 6.06. The van der Waals surface area contributed by atoms with Gasteiger partial charge in [-0.1, -0.05) is 41.0 Å². The summed E-state index contributed by atoms with van der Waals surface area (Å²) in [6.07, 6.45) is 0. The van der Waals surface area contributed by atoms with Gasteiger partial charge in [0.1, 0.15) is 17.0 Å². The average molecular weight is 372 g/mol. The number of aryl methyl sites for hydroxylation is 2. The largest absolute Gasteiger partial charge is 0.360 e. The van der Waals surface area contributed by atoms with Crippen molar-refractivity contribution in [1.29, 1.82) is 0 Å². The first-order valence-corrected chi connectivity index (χ1v) is 8.04. The van der Waals surface area contributed by atoms with Crippen LogP contribution in [0.1, 0.15) is 21.7 Å². The highest BCUT2D eigenvalue weighted by Gasteiger charge is 2.24. The lowest BCUT2D eigenvalue weighted by atomic mass is 10.1. The maximum atomic E-state index is 12.8. The number of carbonyl (C=O) groups excluding carboxylic acids is 1. The number of anilines is 1. The quantitative estimate of drug-likeness (QED) is 0.526. The van der Waals surface area contributed by atoms with Crippen LogP contribution in [0.25, 0.3) is 11.3 Å². The van der Waals surface area contributed by atoms with Crippen LogP contribution in [0.2, 0.25) is 5.02 Å². The average Bonchev–Trinajstić information content (AvgIpc) is 2.98. The lowest BCUT2D eigenvalue weighted by Gasteiger charge is -2.09. The molecule has 3 rings (SSSR count). The molecule has 0 fully saturated rings. The summed E-state index contributed by atoms with van der Waals surface area (Å²) in [4.78, 5) is 23.3. The van der Waals surface area contributed by atoms with Crippen molar-refractivity contribution in [2.24, 2.45) is 0 Å². The molecule has 8 heteroatoms. The van der Waals surface area contributed by atoms with E-state index in [4.69, 9.17) is 16.1 Å². The van der Waals surface area contributed by atoms with Gasteiger partial charge < -0.3 is 9.84 Å². The summed E-state index contributed by atoms with van der Waals surface area (Å²) < 4.78 is 5.18. The Balaban J connectivity index is 2.00. The third-order valence-electron chi connectivity index (χ3n) is 3.90. The topological polar surface area (TPSA) is 98.3 Å². The van der Waals surface area contributed by atoms with Crippen LogP contribution < -0.4 is 5.32 Å². The number of hydrogen-bond acceptors (Lipinski definition) is 5. The molecule has 2 aromatic carbocycles. The lowest BCUT2D eigenvalue weighted by molar-refractivity contribution is -0.384. The molecule has 3 aromatic rings. The van der Waals surface area contributed by atoms with E-state index in [2.05, 4.69) is 10.5 Å². The molecule has 0 spiro atoms. The fourth-order valence-electron chi connectivity index (χ4n) is 2.52. The predicted molar refractivity (Wildman–Crippen MR) is 97.5 cm³/mol. The van der Waals surface area contributed by atoms with Gasteiger partial charge in [0.2, 0.25) is 0 Å². The van der Waals surface area contributed by atoms with Crippen molar-refractivity contribution in [2.75, 3.05) is 5.32 Å². The van der Waals surface area contributed by atoms with Crippen LogP contribution >= 0.6 is 11.6 Å². The van der Waals surface area contributed by atoms with Crippen LogP contribution in [0, 0.1) is 24.0 Å². The molecule has 1 amide bonds. The Morgan fingerprint density at radius 3 is 2.65 bits per heavy atom. The molecule has 0 saturated carbocycles. The number of non-ortho nitro benzene ring substituents is 1. The molecule has 0 radical (unpaired) electrons. The molecule has 0 aliphatic carbocycles. The zero-order valence-corrected chi connectivity index (χ0v) is 14.7. The Morgan fingerprint density at radius 1 is 1.23 bits per heavy atom. The van der Waals surface area contributed by atoms with Crippen molar-refractivity contribution >= 4 is 28.9 Å². The summed E-state index contributed by atoms with van der Waals surface area (Å²) >= 11 is 6.20. The maximum Gasteiger partial charge on any atom is 0.271 e. The molecular weight excluding hydrogens is 358 g/mol. The van der Waals surface area contributed by atoms with Gasteiger partial charge in [0.15, 0.2) is 0 Å². The van der Waals surface area contributed by atoms with Gasteiger partial charge in [-0.3, -0.25) is 14.9 Å². The monoisotopic (exact) mass is 371 g/mol. The van der Waals surface area contributed by atoms with Crippen LogP contribution in [-0.2, 0) is 0 Å². The number of nitrogens with one attached hydrogen (secondary N) is 1. The molecule has 1 N–H and O–H groups in total. The van der Waals surface area contributed by atoms with Crippen molar-refractivity contribution in [3.05, 3.63) is 74.5 Å². The molecular formula is C18H14ClN3O4. The molecule has 0 unspecified atom stereocenters. The van der Waals surface area contributed by atoms with Gasteiger partial charge in [-0.15, -0.1) is 0 Å². The number of nitro benzene ring substituents is 1. The van der Waals surface area contributed by atoms with Crippen molar-refractivity contribution in [2.45, 2.75) is 13.8 Å². The molecule has 132 valence electrons. The molecule has 0 bridgehead atoms. The Labute approximate surface area is 153 Å². The molecule has 1 heterocycles. The minimum absolute atomic E-state index is 0.112. The summed E-state index contributed by atoms with van der Waals surface area (Å²) in [6.45, 7) is 3.36. The fourth-order valence-corrected chi connectivity index (χ4v) is 2.74.